The lowest BCUT2D eigenvalue weighted by Crippen LogP contribution is -2.07. The van der Waals surface area contributed by atoms with E-state index >= 15 is 0 Å². The molecule has 1 aliphatic heterocycles. The fourth-order valence-corrected chi connectivity index (χ4v) is 1.40. The van der Waals surface area contributed by atoms with Gasteiger partial charge in [0.15, 0.2) is 0 Å². The van der Waals surface area contributed by atoms with Crippen LogP contribution in [0.2, 0.25) is 0 Å². The molecule has 1 aliphatic rings. The predicted octanol–water partition coefficient (Wildman–Crippen LogP) is 1.97. The summed E-state index contributed by atoms with van der Waals surface area (Å²) in [6.07, 6.45) is 0.271. The van der Waals surface area contributed by atoms with Gasteiger partial charge in [-0.25, -0.2) is 0 Å². The number of benzene rings is 1. The Morgan fingerprint density at radius 1 is 1.29 bits per heavy atom. The molecule has 0 saturated carbocycles. The normalized spacial score (nSPS) is 18.1. The van der Waals surface area contributed by atoms with Gasteiger partial charge in [-0.2, -0.15) is 0 Å². The van der Waals surface area contributed by atoms with E-state index in [9.17, 15) is 0 Å². The molecule has 4 nitrogen and oxygen atoms in total. The van der Waals surface area contributed by atoms with Gasteiger partial charge in [0.1, 0.15) is 25.3 Å². The summed E-state index contributed by atoms with van der Waals surface area (Å²) in [6.45, 7) is 4.84. The third-order valence-electron chi connectivity index (χ3n) is 2.43. The molecule has 0 spiro atoms. The number of hydrogen-bond donors (Lipinski definition) is 0. The van der Waals surface area contributed by atoms with Crippen molar-refractivity contribution in [2.45, 2.75) is 19.6 Å². The topological polar surface area (TPSA) is 40.2 Å². The Hall–Kier alpha value is -1.10. The van der Waals surface area contributed by atoms with Crippen molar-refractivity contribution in [1.82, 2.24) is 0 Å². The number of hydrogen-bond acceptors (Lipinski definition) is 4. The number of rotatable bonds is 8. The summed E-state index contributed by atoms with van der Waals surface area (Å²) < 4.78 is 21.3. The molecule has 2 rings (SSSR count). The second kappa shape index (κ2) is 6.59. The lowest BCUT2D eigenvalue weighted by Gasteiger charge is -2.10. The molecule has 1 saturated heterocycles. The van der Waals surface area contributed by atoms with Crippen LogP contribution in [0.5, 0.6) is 5.75 Å². The summed E-state index contributed by atoms with van der Waals surface area (Å²) in [6, 6.07) is 7.87. The first-order chi connectivity index (χ1) is 8.40. The van der Waals surface area contributed by atoms with Crippen molar-refractivity contribution in [2.24, 2.45) is 0 Å². The van der Waals surface area contributed by atoms with Crippen molar-refractivity contribution >= 4 is 0 Å². The van der Waals surface area contributed by atoms with Crippen LogP contribution in [0, 0.1) is 0 Å². The van der Waals surface area contributed by atoms with E-state index in [0.29, 0.717) is 26.6 Å². The molecular weight excluding hydrogens is 220 g/mol. The molecule has 1 aromatic carbocycles. The molecule has 1 aromatic rings. The van der Waals surface area contributed by atoms with Gasteiger partial charge in [0, 0.05) is 12.2 Å². The first-order valence-corrected chi connectivity index (χ1v) is 5.88. The summed E-state index contributed by atoms with van der Waals surface area (Å²) in [4.78, 5) is 0. The molecule has 0 N–H and O–H groups in total. The Balaban J connectivity index is 1.80. The van der Waals surface area contributed by atoms with Crippen molar-refractivity contribution in [1.29, 1.82) is 0 Å². The highest BCUT2D eigenvalue weighted by atomic mass is 16.7. The molecule has 17 heavy (non-hydrogen) atoms. The maximum absolute atomic E-state index is 5.67. The van der Waals surface area contributed by atoms with E-state index in [1.807, 2.05) is 31.2 Å². The van der Waals surface area contributed by atoms with E-state index in [-0.39, 0.29) is 6.10 Å². The van der Waals surface area contributed by atoms with E-state index in [1.54, 1.807) is 0 Å². The van der Waals surface area contributed by atoms with E-state index < -0.39 is 0 Å². The highest BCUT2D eigenvalue weighted by molar-refractivity contribution is 5.32. The quantitative estimate of drug-likeness (QED) is 0.394. The van der Waals surface area contributed by atoms with E-state index in [4.69, 9.17) is 18.9 Å². The van der Waals surface area contributed by atoms with Crippen LogP contribution in [-0.2, 0) is 20.8 Å². The summed E-state index contributed by atoms with van der Waals surface area (Å²) in [7, 11) is 0. The monoisotopic (exact) mass is 238 g/mol. The number of para-hydroxylation sites is 1. The van der Waals surface area contributed by atoms with Crippen LogP contribution in [0.15, 0.2) is 24.3 Å². The summed E-state index contributed by atoms with van der Waals surface area (Å²) in [5, 5.41) is 0. The van der Waals surface area contributed by atoms with Crippen LogP contribution >= 0.6 is 0 Å². The third kappa shape index (κ3) is 4.34. The average molecular weight is 238 g/mol. The first kappa shape index (κ1) is 12.4. The molecule has 1 unspecified atom stereocenters. The first-order valence-electron chi connectivity index (χ1n) is 5.88. The molecule has 4 heteroatoms. The van der Waals surface area contributed by atoms with Gasteiger partial charge >= 0.3 is 0 Å². The van der Waals surface area contributed by atoms with Gasteiger partial charge < -0.3 is 18.9 Å². The van der Waals surface area contributed by atoms with Gasteiger partial charge in [0.2, 0.25) is 0 Å². The summed E-state index contributed by atoms with van der Waals surface area (Å²) in [5.74, 6) is 0.861. The lowest BCUT2D eigenvalue weighted by atomic mass is 10.2. The van der Waals surface area contributed by atoms with Gasteiger partial charge in [-0.1, -0.05) is 18.2 Å². The molecule has 0 radical (unpaired) electrons. The van der Waals surface area contributed by atoms with Gasteiger partial charge in [-0.3, -0.25) is 0 Å². The highest BCUT2D eigenvalue weighted by Gasteiger charge is 2.23. The van der Waals surface area contributed by atoms with Crippen molar-refractivity contribution < 1.29 is 18.9 Å². The Kier molecular flexibility index (Phi) is 4.79. The van der Waals surface area contributed by atoms with Crippen molar-refractivity contribution in [3.05, 3.63) is 29.8 Å². The molecule has 0 aromatic heterocycles. The van der Waals surface area contributed by atoms with E-state index in [2.05, 4.69) is 0 Å². The molecular formula is C13H18O4. The zero-order valence-electron chi connectivity index (χ0n) is 10.1. The molecule has 0 bridgehead atoms. The highest BCUT2D eigenvalue weighted by Crippen LogP contribution is 2.20. The van der Waals surface area contributed by atoms with Gasteiger partial charge in [0.05, 0.1) is 13.2 Å². The molecule has 1 fully saturated rings. The van der Waals surface area contributed by atoms with Crippen LogP contribution in [0.4, 0.5) is 0 Å². The van der Waals surface area contributed by atoms with E-state index in [1.165, 1.54) is 0 Å². The maximum atomic E-state index is 5.67. The second-order valence-electron chi connectivity index (χ2n) is 3.83. The average Bonchev–Trinajstić information content (AvgIpc) is 3.17. The van der Waals surface area contributed by atoms with Crippen LogP contribution in [0.25, 0.3) is 0 Å². The van der Waals surface area contributed by atoms with Crippen molar-refractivity contribution in [2.75, 3.05) is 26.6 Å². The van der Waals surface area contributed by atoms with Crippen molar-refractivity contribution in [3.8, 4) is 5.75 Å². The molecule has 0 amide bonds. The molecule has 94 valence electrons. The number of ether oxygens (including phenoxy) is 4. The summed E-state index contributed by atoms with van der Waals surface area (Å²) >= 11 is 0. The predicted molar refractivity (Wildman–Crippen MR) is 63.0 cm³/mol. The largest absolute Gasteiger partial charge is 0.490 e. The minimum Gasteiger partial charge on any atom is -0.490 e. The van der Waals surface area contributed by atoms with E-state index in [0.717, 1.165) is 17.9 Å². The summed E-state index contributed by atoms with van der Waals surface area (Å²) in [5.41, 5.74) is 1.04. The Morgan fingerprint density at radius 2 is 2.12 bits per heavy atom. The van der Waals surface area contributed by atoms with Gasteiger partial charge in [0.25, 0.3) is 0 Å². The number of epoxide rings is 1. The zero-order chi connectivity index (χ0) is 11.9. The smallest absolute Gasteiger partial charge is 0.147 e. The molecule has 1 heterocycles. The Morgan fingerprint density at radius 3 is 2.88 bits per heavy atom. The van der Waals surface area contributed by atoms with Gasteiger partial charge in [-0.05, 0) is 13.0 Å². The zero-order valence-corrected chi connectivity index (χ0v) is 10.1. The van der Waals surface area contributed by atoms with Crippen LogP contribution in [0.3, 0.4) is 0 Å². The maximum Gasteiger partial charge on any atom is 0.147 e. The van der Waals surface area contributed by atoms with Crippen LogP contribution in [0.1, 0.15) is 12.5 Å². The fourth-order valence-electron chi connectivity index (χ4n) is 1.40. The van der Waals surface area contributed by atoms with Gasteiger partial charge in [-0.15, -0.1) is 0 Å². The second-order valence-corrected chi connectivity index (χ2v) is 3.83. The van der Waals surface area contributed by atoms with Crippen LogP contribution in [-0.4, -0.2) is 32.7 Å². The Bertz CT molecular complexity index is 336. The fraction of sp³-hybridized carbons (Fsp3) is 0.538. The third-order valence-corrected chi connectivity index (χ3v) is 2.43. The minimum absolute atomic E-state index is 0.271. The van der Waals surface area contributed by atoms with Crippen LogP contribution < -0.4 is 4.74 Å². The SMILES string of the molecule is CCOCOCc1ccccc1OCC1CO1. The molecule has 0 aliphatic carbocycles. The standard InChI is InChI=1S/C13H18O4/c1-2-14-10-15-7-11-5-3-4-6-13(11)17-9-12-8-16-12/h3-6,12H,2,7-10H2,1H3. The molecule has 1 atom stereocenters. The Labute approximate surface area is 101 Å². The minimum atomic E-state index is 0.271. The lowest BCUT2D eigenvalue weighted by molar-refractivity contribution is -0.0576. The van der Waals surface area contributed by atoms with Crippen molar-refractivity contribution in [3.63, 3.8) is 0 Å².